The smallest absolute Gasteiger partial charge is 0.295 e. The van der Waals surface area contributed by atoms with Gasteiger partial charge in [0.1, 0.15) is 11.5 Å². The van der Waals surface area contributed by atoms with Gasteiger partial charge in [-0.05, 0) is 47.7 Å². The Kier molecular flexibility index (Phi) is 4.93. The van der Waals surface area contributed by atoms with Crippen molar-refractivity contribution in [3.8, 4) is 0 Å². The second-order valence-corrected chi connectivity index (χ2v) is 5.72. The fourth-order valence-corrected chi connectivity index (χ4v) is 3.01. The molecule has 1 fully saturated rings. The number of halogens is 2. The number of aliphatic hydroxyl groups excluding tert-OH is 1. The van der Waals surface area contributed by atoms with Gasteiger partial charge >= 0.3 is 0 Å². The summed E-state index contributed by atoms with van der Waals surface area (Å²) in [6.07, 6.45) is 3.33. The van der Waals surface area contributed by atoms with Gasteiger partial charge in [0.2, 0.25) is 0 Å². The number of nitro groups is 1. The first kappa shape index (κ1) is 15.2. The number of hydrogen-bond acceptors (Lipinski definition) is 4. The van der Waals surface area contributed by atoms with Crippen LogP contribution in [-0.4, -0.2) is 29.2 Å². The van der Waals surface area contributed by atoms with E-state index in [1.165, 1.54) is 6.07 Å². The van der Waals surface area contributed by atoms with Gasteiger partial charge in [-0.25, -0.2) is 4.39 Å². The van der Waals surface area contributed by atoms with Gasteiger partial charge in [0.25, 0.3) is 5.69 Å². The van der Waals surface area contributed by atoms with Crippen LogP contribution < -0.4 is 4.90 Å². The van der Waals surface area contributed by atoms with Crippen LogP contribution in [0.15, 0.2) is 16.6 Å². The Morgan fingerprint density at radius 3 is 2.95 bits per heavy atom. The lowest BCUT2D eigenvalue weighted by molar-refractivity contribution is -0.384. The maximum atomic E-state index is 13.5. The average molecular weight is 347 g/mol. The number of aliphatic hydroxyl groups is 1. The van der Waals surface area contributed by atoms with Crippen molar-refractivity contribution in [1.82, 2.24) is 0 Å². The summed E-state index contributed by atoms with van der Waals surface area (Å²) in [4.78, 5) is 12.5. The van der Waals surface area contributed by atoms with Gasteiger partial charge in [0.15, 0.2) is 0 Å². The molecule has 1 aliphatic rings. The predicted molar refractivity (Wildman–Crippen MR) is 77.4 cm³/mol. The molecule has 0 saturated carbocycles. The number of nitrogens with zero attached hydrogens (tertiary/aromatic N) is 2. The van der Waals surface area contributed by atoms with Crippen LogP contribution >= 0.6 is 15.9 Å². The van der Waals surface area contributed by atoms with Crippen molar-refractivity contribution in [3.05, 3.63) is 32.5 Å². The van der Waals surface area contributed by atoms with Gasteiger partial charge in [0.05, 0.1) is 15.5 Å². The van der Waals surface area contributed by atoms with Gasteiger partial charge in [-0.15, -0.1) is 0 Å². The minimum Gasteiger partial charge on any atom is -0.396 e. The molecule has 1 aliphatic heterocycles. The van der Waals surface area contributed by atoms with Gasteiger partial charge in [-0.1, -0.05) is 0 Å². The molecule has 1 heterocycles. The number of rotatable bonds is 5. The van der Waals surface area contributed by atoms with Crippen LogP contribution in [0.25, 0.3) is 0 Å². The molecule has 0 aliphatic carbocycles. The SMILES string of the molecule is O=[N+]([O-])c1cc(F)c(Br)cc1N1CCCC1CCCO. The molecule has 1 unspecified atom stereocenters. The van der Waals surface area contributed by atoms with Crippen molar-refractivity contribution in [2.24, 2.45) is 0 Å². The van der Waals surface area contributed by atoms with Crippen LogP contribution in [-0.2, 0) is 0 Å². The van der Waals surface area contributed by atoms with E-state index in [2.05, 4.69) is 15.9 Å². The third-order valence-corrected chi connectivity index (χ3v) is 4.20. The Morgan fingerprint density at radius 2 is 2.30 bits per heavy atom. The molecule has 1 aromatic rings. The topological polar surface area (TPSA) is 66.6 Å². The third kappa shape index (κ3) is 3.09. The van der Waals surface area contributed by atoms with Crippen molar-refractivity contribution < 1.29 is 14.4 Å². The Labute approximate surface area is 124 Å². The molecule has 1 N–H and O–H groups in total. The van der Waals surface area contributed by atoms with E-state index in [9.17, 15) is 14.5 Å². The largest absolute Gasteiger partial charge is 0.396 e. The van der Waals surface area contributed by atoms with Crippen LogP contribution in [0.1, 0.15) is 25.7 Å². The molecule has 0 bridgehead atoms. The first-order valence-corrected chi connectivity index (χ1v) is 7.35. The summed E-state index contributed by atoms with van der Waals surface area (Å²) in [6.45, 7) is 0.828. The Bertz CT molecular complexity index is 513. The predicted octanol–water partition coefficient (Wildman–Crippen LogP) is 3.24. The van der Waals surface area contributed by atoms with Crippen molar-refractivity contribution in [2.75, 3.05) is 18.1 Å². The van der Waals surface area contributed by atoms with Crippen molar-refractivity contribution >= 4 is 27.3 Å². The number of anilines is 1. The summed E-state index contributed by atoms with van der Waals surface area (Å²) in [6, 6.07) is 2.60. The number of nitro benzene ring substituents is 1. The summed E-state index contributed by atoms with van der Waals surface area (Å²) in [5.41, 5.74) is 0.241. The highest BCUT2D eigenvalue weighted by Crippen LogP contribution is 2.38. The third-order valence-electron chi connectivity index (χ3n) is 3.60. The first-order valence-electron chi connectivity index (χ1n) is 6.55. The minimum absolute atomic E-state index is 0.111. The molecule has 1 aromatic carbocycles. The molecule has 5 nitrogen and oxygen atoms in total. The molecule has 2 rings (SSSR count). The number of benzene rings is 1. The monoisotopic (exact) mass is 346 g/mol. The summed E-state index contributed by atoms with van der Waals surface area (Å²) in [5.74, 6) is -0.633. The molecule has 0 spiro atoms. The zero-order chi connectivity index (χ0) is 14.7. The molecule has 110 valence electrons. The average Bonchev–Trinajstić information content (AvgIpc) is 2.87. The highest BCUT2D eigenvalue weighted by molar-refractivity contribution is 9.10. The Morgan fingerprint density at radius 1 is 1.55 bits per heavy atom. The van der Waals surface area contributed by atoms with Crippen LogP contribution in [0.2, 0.25) is 0 Å². The van der Waals surface area contributed by atoms with Crippen LogP contribution in [0.3, 0.4) is 0 Å². The minimum atomic E-state index is -0.633. The van der Waals surface area contributed by atoms with Crippen LogP contribution in [0, 0.1) is 15.9 Å². The second-order valence-electron chi connectivity index (χ2n) is 4.87. The van der Waals surface area contributed by atoms with Gasteiger partial charge in [-0.3, -0.25) is 10.1 Å². The molecule has 7 heteroatoms. The van der Waals surface area contributed by atoms with Crippen LogP contribution in [0.5, 0.6) is 0 Å². The fourth-order valence-electron chi connectivity index (χ4n) is 2.68. The van der Waals surface area contributed by atoms with E-state index in [1.54, 1.807) is 0 Å². The van der Waals surface area contributed by atoms with Crippen LogP contribution in [0.4, 0.5) is 15.8 Å². The van der Waals surface area contributed by atoms with E-state index in [0.29, 0.717) is 12.1 Å². The quantitative estimate of drug-likeness (QED) is 0.656. The fraction of sp³-hybridized carbons (Fsp3) is 0.538. The van der Waals surface area contributed by atoms with E-state index >= 15 is 0 Å². The molecule has 0 amide bonds. The molecule has 0 radical (unpaired) electrons. The first-order chi connectivity index (χ1) is 9.54. The second kappa shape index (κ2) is 6.49. The normalized spacial score (nSPS) is 18.6. The summed E-state index contributed by atoms with van der Waals surface area (Å²) in [5, 5.41) is 20.0. The maximum Gasteiger partial charge on any atom is 0.295 e. The molecular weight excluding hydrogens is 331 g/mol. The summed E-state index contributed by atoms with van der Waals surface area (Å²) < 4.78 is 13.7. The zero-order valence-corrected chi connectivity index (χ0v) is 12.5. The zero-order valence-electron chi connectivity index (χ0n) is 10.9. The molecule has 0 aromatic heterocycles. The Hall–Kier alpha value is -1.21. The standard InChI is InChI=1S/C13H16BrFN2O3/c14-10-7-12(13(17(19)20)8-11(10)15)16-5-1-3-9(16)4-2-6-18/h7-9,18H,1-6H2. The lowest BCUT2D eigenvalue weighted by atomic mass is 10.1. The molecule has 1 atom stereocenters. The van der Waals surface area contributed by atoms with Crippen molar-refractivity contribution in [2.45, 2.75) is 31.7 Å². The number of hydrogen-bond donors (Lipinski definition) is 1. The van der Waals surface area contributed by atoms with Crippen molar-refractivity contribution in [1.29, 1.82) is 0 Å². The van der Waals surface area contributed by atoms with E-state index in [0.717, 1.165) is 31.9 Å². The maximum absolute atomic E-state index is 13.5. The molecule has 1 saturated heterocycles. The molecule has 20 heavy (non-hydrogen) atoms. The highest BCUT2D eigenvalue weighted by atomic mass is 79.9. The lowest BCUT2D eigenvalue weighted by Crippen LogP contribution is -2.30. The van der Waals surface area contributed by atoms with E-state index < -0.39 is 10.7 Å². The lowest BCUT2D eigenvalue weighted by Gasteiger charge is -2.26. The highest BCUT2D eigenvalue weighted by Gasteiger charge is 2.30. The van der Waals surface area contributed by atoms with Gasteiger partial charge < -0.3 is 10.0 Å². The van der Waals surface area contributed by atoms with Gasteiger partial charge in [0, 0.05) is 19.2 Å². The van der Waals surface area contributed by atoms with Crippen molar-refractivity contribution in [3.63, 3.8) is 0 Å². The van der Waals surface area contributed by atoms with E-state index in [1.807, 2.05) is 4.90 Å². The molecular formula is C13H16BrFN2O3. The Balaban J connectivity index is 2.35. The van der Waals surface area contributed by atoms with E-state index in [4.69, 9.17) is 5.11 Å². The summed E-state index contributed by atoms with van der Waals surface area (Å²) in [7, 11) is 0. The van der Waals surface area contributed by atoms with E-state index in [-0.39, 0.29) is 22.8 Å². The summed E-state index contributed by atoms with van der Waals surface area (Å²) >= 11 is 3.08. The van der Waals surface area contributed by atoms with Gasteiger partial charge in [-0.2, -0.15) is 0 Å².